The van der Waals surface area contributed by atoms with Crippen LogP contribution in [0.1, 0.15) is 50.5 Å². The molecular weight excluding hydrogens is 300 g/mol. The van der Waals surface area contributed by atoms with Crippen LogP contribution in [0.2, 0.25) is 0 Å². The highest BCUT2D eigenvalue weighted by molar-refractivity contribution is 5.77. The largest absolute Gasteiger partial charge is 0.340 e. The zero-order chi connectivity index (χ0) is 17.3. The minimum atomic E-state index is -0.117. The molecular formula is C19H28N4O. The van der Waals surface area contributed by atoms with Gasteiger partial charge in [0.1, 0.15) is 5.82 Å². The summed E-state index contributed by atoms with van der Waals surface area (Å²) in [5.74, 6) is 1.76. The molecule has 2 aromatic rings. The number of nitrogens with one attached hydrogen (secondary N) is 2. The molecule has 0 aliphatic heterocycles. The monoisotopic (exact) mass is 328 g/mol. The van der Waals surface area contributed by atoms with Gasteiger partial charge in [0.15, 0.2) is 0 Å². The average molecular weight is 328 g/mol. The van der Waals surface area contributed by atoms with Gasteiger partial charge in [-0.1, -0.05) is 26.3 Å². The first kappa shape index (κ1) is 16.8. The molecule has 0 bridgehead atoms. The van der Waals surface area contributed by atoms with Gasteiger partial charge in [0.25, 0.3) is 0 Å². The Hall–Kier alpha value is -2.04. The van der Waals surface area contributed by atoms with E-state index in [1.54, 1.807) is 0 Å². The number of benzene rings is 1. The van der Waals surface area contributed by atoms with E-state index in [1.165, 1.54) is 24.8 Å². The molecule has 0 unspecified atom stereocenters. The predicted molar refractivity (Wildman–Crippen MR) is 96.9 cm³/mol. The maximum atomic E-state index is 12.5. The highest BCUT2D eigenvalue weighted by Gasteiger charge is 2.26. The Morgan fingerprint density at radius 3 is 2.79 bits per heavy atom. The van der Waals surface area contributed by atoms with Crippen molar-refractivity contribution >= 4 is 17.1 Å². The van der Waals surface area contributed by atoms with Crippen molar-refractivity contribution in [2.24, 2.45) is 11.8 Å². The number of aryl methyl sites for hydroxylation is 1. The van der Waals surface area contributed by atoms with E-state index in [0.29, 0.717) is 5.92 Å². The van der Waals surface area contributed by atoms with Crippen LogP contribution in [0.3, 0.4) is 0 Å². The van der Waals surface area contributed by atoms with E-state index in [0.717, 1.165) is 23.4 Å². The molecule has 2 amide bonds. The molecule has 1 aromatic carbocycles. The quantitative estimate of drug-likeness (QED) is 0.871. The van der Waals surface area contributed by atoms with Crippen molar-refractivity contribution in [2.75, 3.05) is 13.6 Å². The molecule has 1 aromatic heterocycles. The van der Waals surface area contributed by atoms with Gasteiger partial charge >= 0.3 is 6.03 Å². The fraction of sp³-hybridized carbons (Fsp3) is 0.579. The molecule has 0 saturated heterocycles. The third-order valence-corrected chi connectivity index (χ3v) is 5.00. The van der Waals surface area contributed by atoms with Crippen molar-refractivity contribution in [2.45, 2.75) is 46.1 Å². The van der Waals surface area contributed by atoms with Crippen LogP contribution >= 0.6 is 0 Å². The fourth-order valence-corrected chi connectivity index (χ4v) is 3.23. The van der Waals surface area contributed by atoms with E-state index >= 15 is 0 Å². The lowest BCUT2D eigenvalue weighted by Crippen LogP contribution is -2.43. The number of carbonyl (C=O) groups is 1. The summed E-state index contributed by atoms with van der Waals surface area (Å²) in [5, 5.41) is 3.15. The van der Waals surface area contributed by atoms with Crippen molar-refractivity contribution in [3.8, 4) is 0 Å². The Morgan fingerprint density at radius 2 is 2.17 bits per heavy atom. The van der Waals surface area contributed by atoms with Crippen molar-refractivity contribution in [3.63, 3.8) is 0 Å². The van der Waals surface area contributed by atoms with Crippen molar-refractivity contribution in [3.05, 3.63) is 29.6 Å². The van der Waals surface area contributed by atoms with Crippen LogP contribution in [0, 0.1) is 18.8 Å². The molecule has 1 saturated carbocycles. The first-order valence-electron chi connectivity index (χ1n) is 8.92. The smallest absolute Gasteiger partial charge is 0.317 e. The number of hydrogen-bond donors (Lipinski definition) is 2. The molecule has 1 heterocycles. The lowest BCUT2D eigenvalue weighted by Gasteiger charge is -2.31. The van der Waals surface area contributed by atoms with Gasteiger partial charge in [0.05, 0.1) is 17.1 Å². The van der Waals surface area contributed by atoms with E-state index in [-0.39, 0.29) is 18.0 Å². The molecule has 5 nitrogen and oxygen atoms in total. The minimum absolute atomic E-state index is 0.0164. The van der Waals surface area contributed by atoms with Crippen LogP contribution in [0.5, 0.6) is 0 Å². The summed E-state index contributed by atoms with van der Waals surface area (Å²) in [6, 6.07) is 6.04. The lowest BCUT2D eigenvalue weighted by molar-refractivity contribution is 0.176. The van der Waals surface area contributed by atoms with E-state index < -0.39 is 0 Å². The first-order chi connectivity index (χ1) is 11.4. The highest BCUT2D eigenvalue weighted by Crippen LogP contribution is 2.27. The molecule has 5 heteroatoms. The number of aromatic nitrogens is 2. The van der Waals surface area contributed by atoms with Gasteiger partial charge in [0, 0.05) is 13.6 Å². The molecule has 1 aliphatic carbocycles. The Morgan fingerprint density at radius 1 is 1.42 bits per heavy atom. The number of hydrogen-bond acceptors (Lipinski definition) is 2. The molecule has 1 fully saturated rings. The molecule has 0 spiro atoms. The first-order valence-corrected chi connectivity index (χ1v) is 8.92. The summed E-state index contributed by atoms with van der Waals surface area (Å²) in [6.07, 6.45) is 3.79. The summed E-state index contributed by atoms with van der Waals surface area (Å²) in [4.78, 5) is 22.4. The number of nitrogens with zero attached hydrogens (tertiary/aromatic N) is 2. The topological polar surface area (TPSA) is 61.0 Å². The van der Waals surface area contributed by atoms with Crippen LogP contribution in [-0.2, 0) is 0 Å². The Bertz CT molecular complexity index is 717. The predicted octanol–water partition coefficient (Wildman–Crippen LogP) is 4.01. The number of carbonyl (C=O) groups excluding carboxylic acids is 1. The van der Waals surface area contributed by atoms with Gasteiger partial charge < -0.3 is 15.2 Å². The number of aromatic amines is 1. The molecule has 1 aliphatic rings. The molecule has 0 radical (unpaired) electrons. The number of amides is 2. The fourth-order valence-electron chi connectivity index (χ4n) is 3.23. The van der Waals surface area contributed by atoms with Crippen molar-refractivity contribution in [1.82, 2.24) is 20.2 Å². The zero-order valence-corrected chi connectivity index (χ0v) is 15.1. The molecule has 24 heavy (non-hydrogen) atoms. The minimum Gasteiger partial charge on any atom is -0.340 e. The summed E-state index contributed by atoms with van der Waals surface area (Å²) < 4.78 is 0. The van der Waals surface area contributed by atoms with Gasteiger partial charge in [-0.2, -0.15) is 0 Å². The van der Waals surface area contributed by atoms with Gasteiger partial charge in [-0.25, -0.2) is 9.78 Å². The van der Waals surface area contributed by atoms with Crippen LogP contribution in [-0.4, -0.2) is 34.5 Å². The molecule has 3 rings (SSSR count). The van der Waals surface area contributed by atoms with Crippen molar-refractivity contribution < 1.29 is 4.79 Å². The SMILES string of the molecule is Cc1ccc2nc([C@@H](NC(=O)N(C)CC3CCC3)C(C)C)[nH]c2c1. The Kier molecular flexibility index (Phi) is 4.78. The maximum absolute atomic E-state index is 12.5. The van der Waals surface area contributed by atoms with E-state index in [9.17, 15) is 4.79 Å². The number of H-pyrrole nitrogens is 1. The zero-order valence-electron chi connectivity index (χ0n) is 15.1. The van der Waals surface area contributed by atoms with E-state index in [1.807, 2.05) is 18.0 Å². The summed E-state index contributed by atoms with van der Waals surface area (Å²) in [7, 11) is 1.88. The normalized spacial score (nSPS) is 16.2. The molecule has 2 N–H and O–H groups in total. The second kappa shape index (κ2) is 6.83. The van der Waals surface area contributed by atoms with Gasteiger partial charge in [-0.3, -0.25) is 0 Å². The van der Waals surface area contributed by atoms with Crippen molar-refractivity contribution in [1.29, 1.82) is 0 Å². The number of urea groups is 1. The second-order valence-electron chi connectivity index (χ2n) is 7.49. The van der Waals surface area contributed by atoms with Crippen LogP contribution in [0.4, 0.5) is 4.79 Å². The Balaban J connectivity index is 1.74. The summed E-state index contributed by atoms with van der Waals surface area (Å²) in [6.45, 7) is 7.12. The Labute approximate surface area is 143 Å². The van der Waals surface area contributed by atoms with E-state index in [2.05, 4.69) is 48.2 Å². The van der Waals surface area contributed by atoms with E-state index in [4.69, 9.17) is 0 Å². The third-order valence-electron chi connectivity index (χ3n) is 5.00. The number of imidazole rings is 1. The standard InChI is InChI=1S/C19H28N4O/c1-12(2)17(22-19(24)23(4)11-14-6-5-7-14)18-20-15-9-8-13(3)10-16(15)21-18/h8-10,12,14,17H,5-7,11H2,1-4H3,(H,20,21)(H,22,24)/t17-/m0/s1. The average Bonchev–Trinajstić information content (AvgIpc) is 2.90. The van der Waals surface area contributed by atoms with Crippen LogP contribution in [0.25, 0.3) is 11.0 Å². The molecule has 130 valence electrons. The summed E-state index contributed by atoms with van der Waals surface area (Å²) in [5.41, 5.74) is 3.16. The lowest BCUT2D eigenvalue weighted by atomic mass is 9.85. The highest BCUT2D eigenvalue weighted by atomic mass is 16.2. The number of rotatable bonds is 5. The summed E-state index contributed by atoms with van der Waals surface area (Å²) >= 11 is 0. The second-order valence-corrected chi connectivity index (χ2v) is 7.49. The van der Waals surface area contributed by atoms with Crippen LogP contribution in [0.15, 0.2) is 18.2 Å². The van der Waals surface area contributed by atoms with Gasteiger partial charge in [-0.15, -0.1) is 0 Å². The van der Waals surface area contributed by atoms with Crippen LogP contribution < -0.4 is 5.32 Å². The molecule has 1 atom stereocenters. The van der Waals surface area contributed by atoms with Gasteiger partial charge in [-0.05, 0) is 49.3 Å². The third kappa shape index (κ3) is 3.55. The van der Waals surface area contributed by atoms with Gasteiger partial charge in [0.2, 0.25) is 0 Å². The number of fused-ring (bicyclic) bond motifs is 1. The maximum Gasteiger partial charge on any atom is 0.317 e.